The van der Waals surface area contributed by atoms with E-state index in [4.69, 9.17) is 14.3 Å². The highest BCUT2D eigenvalue weighted by Crippen LogP contribution is 2.43. The van der Waals surface area contributed by atoms with Crippen molar-refractivity contribution >= 4 is 11.9 Å². The molecule has 288 valence electrons. The molecule has 0 spiro atoms. The lowest BCUT2D eigenvalue weighted by molar-refractivity contribution is -0.265. The van der Waals surface area contributed by atoms with Crippen LogP contribution in [0.15, 0.2) is 0 Å². The van der Waals surface area contributed by atoms with E-state index in [9.17, 15) is 9.59 Å². The van der Waals surface area contributed by atoms with Crippen LogP contribution in [0, 0.1) is 0 Å². The van der Waals surface area contributed by atoms with Gasteiger partial charge >= 0.3 is 11.9 Å². The number of unbranched alkanes of at least 4 members (excludes halogenated alkanes) is 13. The zero-order chi connectivity index (χ0) is 36.6. The normalized spacial score (nSPS) is 23.3. The molecule has 49 heavy (non-hydrogen) atoms. The van der Waals surface area contributed by atoms with Gasteiger partial charge < -0.3 is 9.47 Å². The summed E-state index contributed by atoms with van der Waals surface area (Å²) in [5.41, 5.74) is -0.420. The van der Waals surface area contributed by atoms with E-state index in [-0.39, 0.29) is 46.3 Å². The maximum absolute atomic E-state index is 12.8. The Kier molecular flexibility index (Phi) is 19.2. The number of hydrogen-bond acceptors (Lipinski definition) is 7. The molecule has 0 aromatic heterocycles. The van der Waals surface area contributed by atoms with Gasteiger partial charge in [-0.15, -0.1) is 0 Å². The number of ether oxygens (including phenoxy) is 2. The molecule has 2 fully saturated rings. The maximum Gasteiger partial charge on any atom is 0.306 e. The first-order chi connectivity index (χ1) is 23.1. The van der Waals surface area contributed by atoms with Crippen molar-refractivity contribution in [3.05, 3.63) is 0 Å². The summed E-state index contributed by atoms with van der Waals surface area (Å²) in [4.78, 5) is 34.6. The zero-order valence-electron chi connectivity index (χ0n) is 34.1. The van der Waals surface area contributed by atoms with E-state index in [1.165, 1.54) is 57.8 Å². The highest BCUT2D eigenvalue weighted by atomic mass is 16.7. The summed E-state index contributed by atoms with van der Waals surface area (Å²) in [5, 5.41) is 2.21. The van der Waals surface area contributed by atoms with Crippen molar-refractivity contribution in [2.24, 2.45) is 0 Å². The molecule has 0 aliphatic carbocycles. The molecule has 0 aromatic rings. The molecular weight excluding hydrogens is 612 g/mol. The predicted molar refractivity (Wildman–Crippen MR) is 203 cm³/mol. The molecule has 2 rings (SSSR count). The topological polar surface area (TPSA) is 68.3 Å². The third-order valence-electron chi connectivity index (χ3n) is 11.3. The Hall–Kier alpha value is -1.18. The molecule has 7 nitrogen and oxygen atoms in total. The number of rotatable bonds is 24. The molecule has 7 heteroatoms. The van der Waals surface area contributed by atoms with E-state index in [1.807, 2.05) is 0 Å². The number of hydrogen-bond donors (Lipinski definition) is 0. The Labute approximate surface area is 303 Å². The lowest BCUT2D eigenvalue weighted by Crippen LogP contribution is -2.54. The van der Waals surface area contributed by atoms with Crippen molar-refractivity contribution in [3.8, 4) is 0 Å². The SMILES string of the molecule is CCCCCCCCON1C(C)(C)CCC(OC(=O)CCCCCCCCC(=O)OC2CC(C)(C)N(CCCCCC)C2(C)C)CC1(C)C. The molecule has 2 aliphatic heterocycles. The fourth-order valence-electron chi connectivity index (χ4n) is 8.61. The molecule has 2 saturated heterocycles. The number of likely N-dealkylation sites (tertiary alicyclic amines) is 1. The highest BCUT2D eigenvalue weighted by Gasteiger charge is 2.52. The van der Waals surface area contributed by atoms with E-state index in [2.05, 4.69) is 79.2 Å². The Bertz CT molecular complexity index is 945. The zero-order valence-corrected chi connectivity index (χ0v) is 34.1. The standard InChI is InChI=1S/C42H80N2O5/c1-11-13-15-17-22-26-32-47-44-39(3,4)30-29-35(33-41(44,7)8)48-37(45)27-23-20-18-19-21-24-28-38(46)49-36-34-40(5,6)43(42(36,9)10)31-25-16-14-12-2/h35-36H,11-34H2,1-10H3. The maximum atomic E-state index is 12.8. The van der Waals surface area contributed by atoms with Crippen molar-refractivity contribution in [1.82, 2.24) is 9.96 Å². The third-order valence-corrected chi connectivity index (χ3v) is 11.3. The molecule has 2 aliphatic rings. The molecule has 0 aromatic carbocycles. The monoisotopic (exact) mass is 693 g/mol. The van der Waals surface area contributed by atoms with Gasteiger partial charge in [0.05, 0.1) is 12.1 Å². The van der Waals surface area contributed by atoms with Crippen LogP contribution in [0.1, 0.15) is 210 Å². The van der Waals surface area contributed by atoms with Crippen LogP contribution in [0.4, 0.5) is 0 Å². The van der Waals surface area contributed by atoms with Gasteiger partial charge in [-0.2, -0.15) is 5.06 Å². The summed E-state index contributed by atoms with van der Waals surface area (Å²) in [6, 6.07) is 0. The van der Waals surface area contributed by atoms with Gasteiger partial charge in [-0.05, 0) is 100 Å². The molecule has 2 atom stereocenters. The van der Waals surface area contributed by atoms with Crippen molar-refractivity contribution in [3.63, 3.8) is 0 Å². The Balaban J connectivity index is 1.62. The second kappa shape index (κ2) is 21.4. The average molecular weight is 693 g/mol. The van der Waals surface area contributed by atoms with E-state index < -0.39 is 0 Å². The number of carbonyl (C=O) groups excluding carboxylic acids is 2. The first-order valence-corrected chi connectivity index (χ1v) is 20.7. The molecule has 0 radical (unpaired) electrons. The van der Waals surface area contributed by atoms with Crippen molar-refractivity contribution in [2.75, 3.05) is 13.2 Å². The van der Waals surface area contributed by atoms with Crippen molar-refractivity contribution in [1.29, 1.82) is 0 Å². The lowest BCUT2D eigenvalue weighted by Gasteiger charge is -2.45. The minimum atomic E-state index is -0.211. The molecule has 0 N–H and O–H groups in total. The molecule has 2 heterocycles. The number of nitrogens with zero attached hydrogens (tertiary/aromatic N) is 2. The van der Waals surface area contributed by atoms with Crippen molar-refractivity contribution in [2.45, 2.75) is 245 Å². The summed E-state index contributed by atoms with van der Waals surface area (Å²) in [6.07, 6.45) is 22.8. The van der Waals surface area contributed by atoms with Gasteiger partial charge in [0.25, 0.3) is 0 Å². The van der Waals surface area contributed by atoms with Gasteiger partial charge in [0, 0.05) is 42.3 Å². The minimum Gasteiger partial charge on any atom is -0.462 e. The van der Waals surface area contributed by atoms with Gasteiger partial charge in [0.2, 0.25) is 0 Å². The molecule has 0 saturated carbocycles. The first kappa shape index (κ1) is 44.0. The van der Waals surface area contributed by atoms with Crippen LogP contribution in [-0.2, 0) is 23.9 Å². The van der Waals surface area contributed by atoms with Crippen molar-refractivity contribution < 1.29 is 23.9 Å². The van der Waals surface area contributed by atoms with E-state index in [0.717, 1.165) is 83.8 Å². The molecular formula is C42H80N2O5. The molecule has 2 unspecified atom stereocenters. The summed E-state index contributed by atoms with van der Waals surface area (Å²) in [7, 11) is 0. The van der Waals surface area contributed by atoms with Crippen LogP contribution in [-0.4, -0.2) is 69.4 Å². The molecule has 0 amide bonds. The summed E-state index contributed by atoms with van der Waals surface area (Å²) >= 11 is 0. The number of hydroxylamine groups is 2. The van der Waals surface area contributed by atoms with E-state index >= 15 is 0 Å². The van der Waals surface area contributed by atoms with Crippen LogP contribution in [0.25, 0.3) is 0 Å². The molecule has 0 bridgehead atoms. The van der Waals surface area contributed by atoms with Crippen LogP contribution >= 0.6 is 0 Å². The van der Waals surface area contributed by atoms with Crippen LogP contribution in [0.5, 0.6) is 0 Å². The Morgan fingerprint density at radius 3 is 1.69 bits per heavy atom. The van der Waals surface area contributed by atoms with Gasteiger partial charge in [-0.1, -0.05) is 90.9 Å². The van der Waals surface area contributed by atoms with E-state index in [1.54, 1.807) is 0 Å². The van der Waals surface area contributed by atoms with E-state index in [0.29, 0.717) is 12.8 Å². The highest BCUT2D eigenvalue weighted by molar-refractivity contribution is 5.70. The smallest absolute Gasteiger partial charge is 0.306 e. The van der Waals surface area contributed by atoms with Gasteiger partial charge in [-0.25, -0.2) is 0 Å². The summed E-state index contributed by atoms with van der Waals surface area (Å²) < 4.78 is 12.1. The van der Waals surface area contributed by atoms with Crippen LogP contribution < -0.4 is 0 Å². The fourth-order valence-corrected chi connectivity index (χ4v) is 8.61. The Morgan fingerprint density at radius 2 is 1.10 bits per heavy atom. The first-order valence-electron chi connectivity index (χ1n) is 20.7. The largest absolute Gasteiger partial charge is 0.462 e. The lowest BCUT2D eigenvalue weighted by atomic mass is 9.95. The van der Waals surface area contributed by atoms with Gasteiger partial charge in [0.1, 0.15) is 12.2 Å². The van der Waals surface area contributed by atoms with Gasteiger partial charge in [0.15, 0.2) is 0 Å². The number of carbonyl (C=O) groups is 2. The summed E-state index contributed by atoms with van der Waals surface area (Å²) in [6.45, 7) is 24.4. The fraction of sp³-hybridized carbons (Fsp3) is 0.952. The Morgan fingerprint density at radius 1 is 0.592 bits per heavy atom. The quantitative estimate of drug-likeness (QED) is 0.0736. The minimum absolute atomic E-state index is 0.0408. The second-order valence-corrected chi connectivity index (χ2v) is 17.9. The average Bonchev–Trinajstić information content (AvgIpc) is 3.12. The van der Waals surface area contributed by atoms with Gasteiger partial charge in [-0.3, -0.25) is 19.3 Å². The number of esters is 2. The predicted octanol–water partition coefficient (Wildman–Crippen LogP) is 11.1. The van der Waals surface area contributed by atoms with Crippen LogP contribution in [0.2, 0.25) is 0 Å². The van der Waals surface area contributed by atoms with Crippen LogP contribution in [0.3, 0.4) is 0 Å². The third kappa shape index (κ3) is 15.1. The summed E-state index contributed by atoms with van der Waals surface area (Å²) in [5.74, 6) is -0.123. The second-order valence-electron chi connectivity index (χ2n) is 17.9.